The first-order valence-corrected chi connectivity index (χ1v) is 7.63. The zero-order valence-electron chi connectivity index (χ0n) is 11.3. The maximum absolute atomic E-state index is 12.2. The first kappa shape index (κ1) is 13.3. The van der Waals surface area contributed by atoms with Gasteiger partial charge in [-0.1, -0.05) is 19.1 Å². The fraction of sp³-hybridized carbons (Fsp3) is 0.333. The van der Waals surface area contributed by atoms with E-state index in [1.807, 2.05) is 36.6 Å². The van der Waals surface area contributed by atoms with Crippen LogP contribution in [0.25, 0.3) is 10.6 Å². The SMILES string of the molecule is CC(C(=O)Nc1cccc(-c2nccs2)c1)C1CNC1. The van der Waals surface area contributed by atoms with E-state index >= 15 is 0 Å². The molecule has 2 heterocycles. The molecule has 5 heteroatoms. The smallest absolute Gasteiger partial charge is 0.227 e. The summed E-state index contributed by atoms with van der Waals surface area (Å²) in [7, 11) is 0. The summed E-state index contributed by atoms with van der Waals surface area (Å²) in [6.07, 6.45) is 1.79. The quantitative estimate of drug-likeness (QED) is 0.909. The van der Waals surface area contributed by atoms with Gasteiger partial charge in [-0.05, 0) is 31.1 Å². The van der Waals surface area contributed by atoms with Gasteiger partial charge in [0.1, 0.15) is 5.01 Å². The Balaban J connectivity index is 1.71. The Labute approximate surface area is 122 Å². The molecular formula is C15H17N3OS. The van der Waals surface area contributed by atoms with Crippen LogP contribution in [0.1, 0.15) is 6.92 Å². The minimum atomic E-state index is 0.0415. The fourth-order valence-electron chi connectivity index (χ4n) is 2.23. The van der Waals surface area contributed by atoms with Gasteiger partial charge in [-0.2, -0.15) is 0 Å². The van der Waals surface area contributed by atoms with Gasteiger partial charge < -0.3 is 10.6 Å². The molecule has 1 amide bonds. The van der Waals surface area contributed by atoms with E-state index < -0.39 is 0 Å². The Bertz CT molecular complexity index is 593. The van der Waals surface area contributed by atoms with Gasteiger partial charge in [0, 0.05) is 28.7 Å². The highest BCUT2D eigenvalue weighted by molar-refractivity contribution is 7.13. The Morgan fingerprint density at radius 2 is 2.35 bits per heavy atom. The van der Waals surface area contributed by atoms with Crippen molar-refractivity contribution in [3.05, 3.63) is 35.8 Å². The number of carbonyl (C=O) groups is 1. The molecule has 1 aliphatic rings. The largest absolute Gasteiger partial charge is 0.326 e. The third-order valence-electron chi connectivity index (χ3n) is 3.74. The van der Waals surface area contributed by atoms with Crippen LogP contribution >= 0.6 is 11.3 Å². The lowest BCUT2D eigenvalue weighted by molar-refractivity contribution is -0.121. The van der Waals surface area contributed by atoms with Gasteiger partial charge in [0.05, 0.1) is 0 Å². The monoisotopic (exact) mass is 287 g/mol. The summed E-state index contributed by atoms with van der Waals surface area (Å²) in [4.78, 5) is 16.5. The van der Waals surface area contributed by atoms with Crippen molar-refractivity contribution in [2.75, 3.05) is 18.4 Å². The minimum absolute atomic E-state index is 0.0415. The predicted molar refractivity (Wildman–Crippen MR) is 81.7 cm³/mol. The van der Waals surface area contributed by atoms with Crippen molar-refractivity contribution in [2.45, 2.75) is 6.92 Å². The number of benzene rings is 1. The number of rotatable bonds is 4. The van der Waals surface area contributed by atoms with E-state index in [0.29, 0.717) is 5.92 Å². The van der Waals surface area contributed by atoms with Gasteiger partial charge in [0.2, 0.25) is 5.91 Å². The van der Waals surface area contributed by atoms with Crippen molar-refractivity contribution >= 4 is 22.9 Å². The molecule has 1 aliphatic heterocycles. The van der Waals surface area contributed by atoms with Crippen molar-refractivity contribution < 1.29 is 4.79 Å². The molecule has 1 atom stereocenters. The van der Waals surface area contributed by atoms with Crippen LogP contribution in [0.2, 0.25) is 0 Å². The van der Waals surface area contributed by atoms with E-state index in [1.54, 1.807) is 17.5 Å². The summed E-state index contributed by atoms with van der Waals surface area (Å²) in [5.41, 5.74) is 1.87. The van der Waals surface area contributed by atoms with Crippen LogP contribution in [0.5, 0.6) is 0 Å². The van der Waals surface area contributed by atoms with E-state index in [2.05, 4.69) is 15.6 Å². The summed E-state index contributed by atoms with van der Waals surface area (Å²) in [5, 5.41) is 9.13. The molecule has 4 nitrogen and oxygen atoms in total. The van der Waals surface area contributed by atoms with E-state index in [0.717, 1.165) is 29.3 Å². The normalized spacial score (nSPS) is 16.4. The molecule has 0 aliphatic carbocycles. The van der Waals surface area contributed by atoms with Crippen LogP contribution in [0, 0.1) is 11.8 Å². The van der Waals surface area contributed by atoms with Crippen molar-refractivity contribution in [3.63, 3.8) is 0 Å². The first-order chi connectivity index (χ1) is 9.74. The maximum Gasteiger partial charge on any atom is 0.227 e. The molecule has 104 valence electrons. The summed E-state index contributed by atoms with van der Waals surface area (Å²) in [6.45, 7) is 3.87. The Morgan fingerprint density at radius 1 is 1.50 bits per heavy atom. The number of amides is 1. The zero-order valence-corrected chi connectivity index (χ0v) is 12.1. The lowest BCUT2D eigenvalue weighted by atomic mass is 9.88. The number of aromatic nitrogens is 1. The summed E-state index contributed by atoms with van der Waals surface area (Å²) in [5.74, 6) is 0.588. The maximum atomic E-state index is 12.2. The molecule has 1 fully saturated rings. The topological polar surface area (TPSA) is 54.0 Å². The average Bonchev–Trinajstić information content (AvgIpc) is 2.90. The first-order valence-electron chi connectivity index (χ1n) is 6.75. The van der Waals surface area contributed by atoms with Crippen molar-refractivity contribution in [2.24, 2.45) is 11.8 Å². The lowest BCUT2D eigenvalue weighted by Gasteiger charge is -2.31. The molecule has 0 bridgehead atoms. The van der Waals surface area contributed by atoms with Gasteiger partial charge in [-0.25, -0.2) is 4.98 Å². The second-order valence-electron chi connectivity index (χ2n) is 5.11. The zero-order chi connectivity index (χ0) is 13.9. The summed E-state index contributed by atoms with van der Waals surface area (Å²) >= 11 is 1.60. The second kappa shape index (κ2) is 5.73. The highest BCUT2D eigenvalue weighted by Gasteiger charge is 2.28. The van der Waals surface area contributed by atoms with Gasteiger partial charge in [-0.3, -0.25) is 4.79 Å². The standard InChI is InChI=1S/C15H17N3OS/c1-10(12-8-16-9-12)14(19)18-13-4-2-3-11(7-13)15-17-5-6-20-15/h2-7,10,12,16H,8-9H2,1H3,(H,18,19). The third-order valence-corrected chi connectivity index (χ3v) is 4.57. The van der Waals surface area contributed by atoms with Gasteiger partial charge in [-0.15, -0.1) is 11.3 Å². The Morgan fingerprint density at radius 3 is 3.00 bits per heavy atom. The number of hydrogen-bond acceptors (Lipinski definition) is 4. The number of nitrogens with zero attached hydrogens (tertiary/aromatic N) is 1. The van der Waals surface area contributed by atoms with Crippen LogP contribution < -0.4 is 10.6 Å². The molecule has 3 rings (SSSR count). The Kier molecular flexibility index (Phi) is 3.80. The molecule has 2 aromatic rings. The molecule has 0 spiro atoms. The summed E-state index contributed by atoms with van der Waals surface area (Å²) in [6, 6.07) is 7.85. The summed E-state index contributed by atoms with van der Waals surface area (Å²) < 4.78 is 0. The lowest BCUT2D eigenvalue weighted by Crippen LogP contribution is -2.48. The van der Waals surface area contributed by atoms with Crippen LogP contribution in [-0.4, -0.2) is 24.0 Å². The number of carbonyl (C=O) groups excluding carboxylic acids is 1. The molecular weight excluding hydrogens is 270 g/mol. The molecule has 1 aromatic carbocycles. The van der Waals surface area contributed by atoms with E-state index in [1.165, 1.54) is 0 Å². The van der Waals surface area contributed by atoms with Gasteiger partial charge >= 0.3 is 0 Å². The highest BCUT2D eigenvalue weighted by atomic mass is 32.1. The van der Waals surface area contributed by atoms with Crippen molar-refractivity contribution in [1.82, 2.24) is 10.3 Å². The fourth-order valence-corrected chi connectivity index (χ4v) is 2.87. The second-order valence-corrected chi connectivity index (χ2v) is 6.01. The average molecular weight is 287 g/mol. The van der Waals surface area contributed by atoms with Gasteiger partial charge in [0.15, 0.2) is 0 Å². The minimum Gasteiger partial charge on any atom is -0.326 e. The molecule has 20 heavy (non-hydrogen) atoms. The van der Waals surface area contributed by atoms with Gasteiger partial charge in [0.25, 0.3) is 0 Å². The van der Waals surface area contributed by atoms with Crippen LogP contribution in [0.4, 0.5) is 5.69 Å². The molecule has 1 aromatic heterocycles. The number of thiazole rings is 1. The number of anilines is 1. The van der Waals surface area contributed by atoms with E-state index in [-0.39, 0.29) is 11.8 Å². The number of nitrogens with one attached hydrogen (secondary N) is 2. The van der Waals surface area contributed by atoms with Crippen LogP contribution in [0.3, 0.4) is 0 Å². The predicted octanol–water partition coefficient (Wildman–Crippen LogP) is 2.60. The van der Waals surface area contributed by atoms with Crippen LogP contribution in [-0.2, 0) is 4.79 Å². The highest BCUT2D eigenvalue weighted by Crippen LogP contribution is 2.25. The molecule has 0 radical (unpaired) electrons. The van der Waals surface area contributed by atoms with Crippen molar-refractivity contribution in [3.8, 4) is 10.6 Å². The Hall–Kier alpha value is -1.72. The molecule has 1 unspecified atom stereocenters. The molecule has 1 saturated heterocycles. The number of hydrogen-bond donors (Lipinski definition) is 2. The van der Waals surface area contributed by atoms with E-state index in [9.17, 15) is 4.79 Å². The van der Waals surface area contributed by atoms with Crippen molar-refractivity contribution in [1.29, 1.82) is 0 Å². The van der Waals surface area contributed by atoms with Crippen LogP contribution in [0.15, 0.2) is 35.8 Å². The molecule has 0 saturated carbocycles. The van der Waals surface area contributed by atoms with E-state index in [4.69, 9.17) is 0 Å². The molecule has 2 N–H and O–H groups in total. The third kappa shape index (κ3) is 2.73.